The standard InChI is InChI=1S/C10H20N6O/c1-13-10(14-9(12)8(11)7-17)16-5-3-15(2)4-6-16/h7,17H,3-6,11H2,1-2H3,(H2,12,13,14)/b8-7-. The highest BCUT2D eigenvalue weighted by atomic mass is 16.2. The van der Waals surface area contributed by atoms with Crippen LogP contribution in [-0.4, -0.2) is 67.0 Å². The molecule has 5 N–H and O–H groups in total. The fourth-order valence-electron chi connectivity index (χ4n) is 1.51. The summed E-state index contributed by atoms with van der Waals surface area (Å²) in [5.41, 5.74) is 11.1. The zero-order valence-corrected chi connectivity index (χ0v) is 10.3. The summed E-state index contributed by atoms with van der Waals surface area (Å²) < 4.78 is 0. The second-order valence-electron chi connectivity index (χ2n) is 3.90. The van der Waals surface area contributed by atoms with Crippen molar-refractivity contribution in [3.8, 4) is 0 Å². The first kappa shape index (κ1) is 13.3. The van der Waals surface area contributed by atoms with Gasteiger partial charge in [-0.05, 0) is 7.05 Å². The number of aliphatic hydroxyl groups is 1. The van der Waals surface area contributed by atoms with Gasteiger partial charge in [0.25, 0.3) is 0 Å². The molecule has 7 nitrogen and oxygen atoms in total. The second-order valence-corrected chi connectivity index (χ2v) is 3.90. The molecule has 0 atom stereocenters. The molecule has 0 radical (unpaired) electrons. The third-order valence-electron chi connectivity index (χ3n) is 2.64. The molecule has 0 aliphatic carbocycles. The molecular weight excluding hydrogens is 220 g/mol. The van der Waals surface area contributed by atoms with Crippen LogP contribution in [0, 0.1) is 0 Å². The molecule has 0 bridgehead atoms. The van der Waals surface area contributed by atoms with E-state index in [1.807, 2.05) is 4.90 Å². The Morgan fingerprint density at radius 1 is 1.24 bits per heavy atom. The van der Waals surface area contributed by atoms with Crippen LogP contribution in [0.15, 0.2) is 21.9 Å². The summed E-state index contributed by atoms with van der Waals surface area (Å²) >= 11 is 0. The third-order valence-corrected chi connectivity index (χ3v) is 2.64. The van der Waals surface area contributed by atoms with E-state index in [1.165, 1.54) is 0 Å². The first-order valence-corrected chi connectivity index (χ1v) is 5.43. The van der Waals surface area contributed by atoms with Crippen LogP contribution in [0.2, 0.25) is 0 Å². The number of nitrogens with two attached hydrogens (primary N) is 2. The number of aliphatic imine (C=N–C) groups is 2. The van der Waals surface area contributed by atoms with Gasteiger partial charge >= 0.3 is 0 Å². The normalized spacial score (nSPS) is 20.8. The van der Waals surface area contributed by atoms with E-state index in [2.05, 4.69) is 21.9 Å². The smallest absolute Gasteiger partial charge is 0.222 e. The van der Waals surface area contributed by atoms with Gasteiger partial charge in [0.05, 0.1) is 0 Å². The molecule has 0 saturated carbocycles. The summed E-state index contributed by atoms with van der Waals surface area (Å²) in [5, 5.41) is 8.73. The second kappa shape index (κ2) is 6.09. The van der Waals surface area contributed by atoms with Gasteiger partial charge in [-0.1, -0.05) is 0 Å². The molecule has 1 fully saturated rings. The molecule has 96 valence electrons. The van der Waals surface area contributed by atoms with E-state index < -0.39 is 0 Å². The highest BCUT2D eigenvalue weighted by molar-refractivity contribution is 6.03. The fraction of sp³-hybridized carbons (Fsp3) is 0.600. The summed E-state index contributed by atoms with van der Waals surface area (Å²) in [5.74, 6) is 0.618. The van der Waals surface area contributed by atoms with E-state index in [-0.39, 0.29) is 11.5 Å². The Morgan fingerprint density at radius 3 is 2.29 bits per heavy atom. The summed E-state index contributed by atoms with van der Waals surface area (Å²) in [6, 6.07) is 0. The third kappa shape index (κ3) is 3.63. The SMILES string of the molecule is CN=C(/N=C(N)\C(N)=C\O)N1CCN(C)CC1. The summed E-state index contributed by atoms with van der Waals surface area (Å²) in [7, 11) is 3.73. The number of amidine groups is 1. The molecule has 1 saturated heterocycles. The lowest BCUT2D eigenvalue weighted by atomic mass is 10.3. The fourth-order valence-corrected chi connectivity index (χ4v) is 1.51. The minimum absolute atomic E-state index is 0.0419. The van der Waals surface area contributed by atoms with Crippen molar-refractivity contribution in [1.29, 1.82) is 0 Å². The summed E-state index contributed by atoms with van der Waals surface area (Å²) in [6.45, 7) is 3.62. The van der Waals surface area contributed by atoms with E-state index in [1.54, 1.807) is 7.05 Å². The van der Waals surface area contributed by atoms with Crippen LogP contribution in [0.1, 0.15) is 0 Å². The van der Waals surface area contributed by atoms with Crippen LogP contribution in [0.25, 0.3) is 0 Å². The average Bonchev–Trinajstić information content (AvgIpc) is 2.35. The topological polar surface area (TPSA) is 103 Å². The first-order valence-electron chi connectivity index (χ1n) is 5.43. The summed E-state index contributed by atoms with van der Waals surface area (Å²) in [6.07, 6.45) is 0.732. The highest BCUT2D eigenvalue weighted by Crippen LogP contribution is 2.02. The Kier molecular flexibility index (Phi) is 4.77. The van der Waals surface area contributed by atoms with Gasteiger partial charge < -0.3 is 26.4 Å². The number of rotatable bonds is 1. The van der Waals surface area contributed by atoms with Gasteiger partial charge in [-0.2, -0.15) is 4.99 Å². The van der Waals surface area contributed by atoms with Crippen LogP contribution in [-0.2, 0) is 0 Å². The molecule has 0 amide bonds. The molecule has 0 aromatic rings. The monoisotopic (exact) mass is 240 g/mol. The lowest BCUT2D eigenvalue weighted by Gasteiger charge is -2.32. The van der Waals surface area contributed by atoms with Gasteiger partial charge in [0.1, 0.15) is 12.0 Å². The zero-order valence-electron chi connectivity index (χ0n) is 10.3. The van der Waals surface area contributed by atoms with Crippen molar-refractivity contribution in [2.45, 2.75) is 0 Å². The lowest BCUT2D eigenvalue weighted by Crippen LogP contribution is -2.47. The van der Waals surface area contributed by atoms with Crippen molar-refractivity contribution in [2.75, 3.05) is 40.3 Å². The Bertz CT molecular complexity index is 341. The molecule has 1 rings (SSSR count). The molecular formula is C10H20N6O. The Balaban J connectivity index is 2.73. The highest BCUT2D eigenvalue weighted by Gasteiger charge is 2.17. The zero-order chi connectivity index (χ0) is 12.8. The van der Waals surface area contributed by atoms with E-state index in [0.717, 1.165) is 32.4 Å². The van der Waals surface area contributed by atoms with Crippen LogP contribution in [0.3, 0.4) is 0 Å². The molecule has 0 spiro atoms. The van der Waals surface area contributed by atoms with Gasteiger partial charge in [0.2, 0.25) is 5.96 Å². The van der Waals surface area contributed by atoms with Crippen molar-refractivity contribution < 1.29 is 5.11 Å². The van der Waals surface area contributed by atoms with Crippen molar-refractivity contribution in [3.63, 3.8) is 0 Å². The predicted octanol–water partition coefficient (Wildman–Crippen LogP) is -1.07. The number of nitrogens with zero attached hydrogens (tertiary/aromatic N) is 4. The number of piperazine rings is 1. The van der Waals surface area contributed by atoms with E-state index >= 15 is 0 Å². The van der Waals surface area contributed by atoms with E-state index in [9.17, 15) is 0 Å². The number of hydrogen-bond donors (Lipinski definition) is 3. The maximum Gasteiger partial charge on any atom is 0.222 e. The molecule has 7 heteroatoms. The minimum Gasteiger partial charge on any atom is -0.513 e. The minimum atomic E-state index is 0.0419. The van der Waals surface area contributed by atoms with Crippen LogP contribution < -0.4 is 11.5 Å². The maximum atomic E-state index is 8.73. The van der Waals surface area contributed by atoms with Gasteiger partial charge in [-0.15, -0.1) is 0 Å². The Labute approximate surface area is 101 Å². The largest absolute Gasteiger partial charge is 0.513 e. The van der Waals surface area contributed by atoms with E-state index in [0.29, 0.717) is 5.96 Å². The van der Waals surface area contributed by atoms with Gasteiger partial charge in [-0.25, -0.2) is 0 Å². The summed E-state index contributed by atoms with van der Waals surface area (Å²) in [4.78, 5) is 12.5. The van der Waals surface area contributed by atoms with Crippen molar-refractivity contribution in [3.05, 3.63) is 12.0 Å². The molecule has 1 heterocycles. The molecule has 0 unspecified atom stereocenters. The van der Waals surface area contributed by atoms with Gasteiger partial charge in [0.15, 0.2) is 5.84 Å². The van der Waals surface area contributed by atoms with Crippen LogP contribution >= 0.6 is 0 Å². The Morgan fingerprint density at radius 2 is 1.82 bits per heavy atom. The number of likely N-dealkylation sites (N-methyl/N-ethyl adjacent to an activating group) is 1. The van der Waals surface area contributed by atoms with Crippen molar-refractivity contribution >= 4 is 11.8 Å². The number of aliphatic hydroxyl groups excluding tert-OH is 1. The van der Waals surface area contributed by atoms with E-state index in [4.69, 9.17) is 16.6 Å². The first-order chi connectivity index (χ1) is 8.08. The predicted molar refractivity (Wildman–Crippen MR) is 69.0 cm³/mol. The van der Waals surface area contributed by atoms with Crippen LogP contribution in [0.5, 0.6) is 0 Å². The molecule has 1 aliphatic rings. The van der Waals surface area contributed by atoms with Gasteiger partial charge in [-0.3, -0.25) is 4.99 Å². The quantitative estimate of drug-likeness (QED) is 0.308. The molecule has 17 heavy (non-hydrogen) atoms. The maximum absolute atomic E-state index is 8.73. The Hall–Kier alpha value is -1.76. The molecule has 1 aliphatic heterocycles. The average molecular weight is 240 g/mol. The number of hydrogen-bond acceptors (Lipinski definition) is 4. The molecule has 0 aromatic heterocycles. The van der Waals surface area contributed by atoms with Crippen LogP contribution in [0.4, 0.5) is 0 Å². The number of guanidine groups is 1. The van der Waals surface area contributed by atoms with Crippen molar-refractivity contribution in [2.24, 2.45) is 21.5 Å². The van der Waals surface area contributed by atoms with Gasteiger partial charge in [0, 0.05) is 33.2 Å². The van der Waals surface area contributed by atoms with Crippen molar-refractivity contribution in [1.82, 2.24) is 9.80 Å². The lowest BCUT2D eigenvalue weighted by molar-refractivity contribution is 0.214. The molecule has 0 aromatic carbocycles.